The molecule has 0 bridgehead atoms. The molecule has 0 saturated heterocycles. The van der Waals surface area contributed by atoms with E-state index >= 15 is 0 Å². The Balaban J connectivity index is 2.32. The Morgan fingerprint density at radius 1 is 1.27 bits per heavy atom. The fraction of sp³-hybridized carbons (Fsp3) is 0.385. The van der Waals surface area contributed by atoms with Gasteiger partial charge in [0.25, 0.3) is 0 Å². The van der Waals surface area contributed by atoms with E-state index in [4.69, 9.17) is 0 Å². The third-order valence-corrected chi connectivity index (χ3v) is 3.76. The molecule has 1 heterocycles. The van der Waals surface area contributed by atoms with Gasteiger partial charge in [0.2, 0.25) is 0 Å². The fourth-order valence-electron chi connectivity index (χ4n) is 1.98. The maximum Gasteiger partial charge on any atom is 0.0938 e. The van der Waals surface area contributed by atoms with Crippen LogP contribution in [0, 0.1) is 0 Å². The van der Waals surface area contributed by atoms with Crippen molar-refractivity contribution in [1.82, 2.24) is 0 Å². The van der Waals surface area contributed by atoms with Gasteiger partial charge in [-0.2, -0.15) is 0 Å². The molecule has 0 aliphatic carbocycles. The first-order chi connectivity index (χ1) is 7.36. The number of para-hydroxylation sites is 1. The summed E-state index contributed by atoms with van der Waals surface area (Å²) in [6.45, 7) is 5.50. The first-order valence-corrected chi connectivity index (χ1v) is 6.57. The van der Waals surface area contributed by atoms with Crippen molar-refractivity contribution in [3.63, 3.8) is 0 Å². The Bertz CT molecular complexity index is 359. The third-order valence-electron chi connectivity index (χ3n) is 2.67. The van der Waals surface area contributed by atoms with Crippen LogP contribution < -0.4 is 4.90 Å². The van der Waals surface area contributed by atoms with E-state index in [0.29, 0.717) is 5.37 Å². The number of likely N-dealkylation sites (N-methyl/N-ethyl adjacent to an activating group) is 1. The maximum absolute atomic E-state index is 2.46. The second-order valence-corrected chi connectivity index (χ2v) is 4.94. The molecule has 0 aromatic heterocycles. The second kappa shape index (κ2) is 4.75. The van der Waals surface area contributed by atoms with Crippen LogP contribution in [0.3, 0.4) is 0 Å². The first-order valence-electron chi connectivity index (χ1n) is 5.52. The summed E-state index contributed by atoms with van der Waals surface area (Å²) in [5.74, 6) is 1.16. The van der Waals surface area contributed by atoms with Gasteiger partial charge in [0.1, 0.15) is 0 Å². The maximum atomic E-state index is 2.46. The van der Waals surface area contributed by atoms with E-state index in [9.17, 15) is 0 Å². The SMILES string of the molecule is CCSC1C=Cc2ccccc2N1CC. The van der Waals surface area contributed by atoms with E-state index in [0.717, 1.165) is 12.3 Å². The molecule has 1 aromatic rings. The Kier molecular flexibility index (Phi) is 3.37. The van der Waals surface area contributed by atoms with Gasteiger partial charge in [-0.3, -0.25) is 0 Å². The molecule has 0 N–H and O–H groups in total. The molecule has 80 valence electrons. The molecule has 0 amide bonds. The predicted octanol–water partition coefficient (Wildman–Crippen LogP) is 3.62. The first kappa shape index (κ1) is 10.6. The highest BCUT2D eigenvalue weighted by atomic mass is 32.2. The van der Waals surface area contributed by atoms with Crippen molar-refractivity contribution < 1.29 is 0 Å². The van der Waals surface area contributed by atoms with Gasteiger partial charge in [0.15, 0.2) is 0 Å². The molecule has 1 nitrogen and oxygen atoms in total. The van der Waals surface area contributed by atoms with Crippen molar-refractivity contribution in [2.75, 3.05) is 17.2 Å². The van der Waals surface area contributed by atoms with Gasteiger partial charge in [0, 0.05) is 12.2 Å². The molecule has 0 spiro atoms. The van der Waals surface area contributed by atoms with Gasteiger partial charge in [-0.1, -0.05) is 37.3 Å². The summed E-state index contributed by atoms with van der Waals surface area (Å²) >= 11 is 1.99. The van der Waals surface area contributed by atoms with Crippen molar-refractivity contribution in [1.29, 1.82) is 0 Å². The Morgan fingerprint density at radius 2 is 2.07 bits per heavy atom. The molecule has 0 fully saturated rings. The lowest BCUT2D eigenvalue weighted by atomic mass is 10.1. The van der Waals surface area contributed by atoms with E-state index in [1.54, 1.807) is 0 Å². The van der Waals surface area contributed by atoms with Crippen LogP contribution in [0.5, 0.6) is 0 Å². The van der Waals surface area contributed by atoms with Gasteiger partial charge >= 0.3 is 0 Å². The van der Waals surface area contributed by atoms with E-state index in [1.807, 2.05) is 11.8 Å². The number of rotatable bonds is 3. The number of nitrogens with zero attached hydrogens (tertiary/aromatic N) is 1. The molecular weight excluding hydrogens is 202 g/mol. The minimum Gasteiger partial charge on any atom is -0.356 e. The highest BCUT2D eigenvalue weighted by Crippen LogP contribution is 2.32. The average Bonchev–Trinajstić information content (AvgIpc) is 2.29. The number of benzene rings is 1. The van der Waals surface area contributed by atoms with Gasteiger partial charge in [-0.05, 0) is 24.3 Å². The van der Waals surface area contributed by atoms with Gasteiger partial charge in [-0.25, -0.2) is 0 Å². The molecule has 2 rings (SSSR count). The lowest BCUT2D eigenvalue weighted by Gasteiger charge is -2.34. The number of thioether (sulfide) groups is 1. The third kappa shape index (κ3) is 2.05. The molecule has 1 aliphatic rings. The van der Waals surface area contributed by atoms with Crippen molar-refractivity contribution in [3.05, 3.63) is 35.9 Å². The highest BCUT2D eigenvalue weighted by molar-refractivity contribution is 8.00. The molecule has 1 aromatic carbocycles. The topological polar surface area (TPSA) is 3.24 Å². The van der Waals surface area contributed by atoms with E-state index in [1.165, 1.54) is 11.3 Å². The normalized spacial score (nSPS) is 19.1. The summed E-state index contributed by atoms with van der Waals surface area (Å²) in [6.07, 6.45) is 4.55. The lowest BCUT2D eigenvalue weighted by Crippen LogP contribution is -2.33. The molecule has 1 unspecified atom stereocenters. The summed E-state index contributed by atoms with van der Waals surface area (Å²) in [7, 11) is 0. The minimum absolute atomic E-state index is 0.509. The largest absolute Gasteiger partial charge is 0.356 e. The highest BCUT2D eigenvalue weighted by Gasteiger charge is 2.19. The zero-order valence-electron chi connectivity index (χ0n) is 9.31. The molecule has 15 heavy (non-hydrogen) atoms. The van der Waals surface area contributed by atoms with Crippen molar-refractivity contribution in [2.45, 2.75) is 19.2 Å². The smallest absolute Gasteiger partial charge is 0.0938 e. The van der Waals surface area contributed by atoms with E-state index < -0.39 is 0 Å². The molecule has 1 atom stereocenters. The van der Waals surface area contributed by atoms with Gasteiger partial charge < -0.3 is 4.90 Å². The average molecular weight is 219 g/mol. The summed E-state index contributed by atoms with van der Waals surface area (Å²) in [5.41, 5.74) is 2.71. The van der Waals surface area contributed by atoms with Gasteiger partial charge in [-0.15, -0.1) is 11.8 Å². The zero-order valence-corrected chi connectivity index (χ0v) is 10.1. The Labute approximate surface area is 96.2 Å². The van der Waals surface area contributed by atoms with Crippen LogP contribution >= 0.6 is 11.8 Å². The lowest BCUT2D eigenvalue weighted by molar-refractivity contribution is 0.862. The molecule has 1 aliphatic heterocycles. The van der Waals surface area contributed by atoms with Crippen LogP contribution in [0.4, 0.5) is 5.69 Å². The summed E-state index contributed by atoms with van der Waals surface area (Å²) < 4.78 is 0. The van der Waals surface area contributed by atoms with Crippen molar-refractivity contribution in [3.8, 4) is 0 Å². The Morgan fingerprint density at radius 3 is 2.80 bits per heavy atom. The van der Waals surface area contributed by atoms with Crippen LogP contribution in [0.2, 0.25) is 0 Å². The van der Waals surface area contributed by atoms with Crippen LogP contribution in [0.15, 0.2) is 30.3 Å². The van der Waals surface area contributed by atoms with Crippen molar-refractivity contribution in [2.24, 2.45) is 0 Å². The van der Waals surface area contributed by atoms with Crippen LogP contribution in [-0.4, -0.2) is 17.7 Å². The van der Waals surface area contributed by atoms with E-state index in [2.05, 4.69) is 55.2 Å². The second-order valence-electron chi connectivity index (χ2n) is 3.55. The molecule has 0 saturated carbocycles. The van der Waals surface area contributed by atoms with Crippen LogP contribution in [-0.2, 0) is 0 Å². The van der Waals surface area contributed by atoms with Gasteiger partial charge in [0.05, 0.1) is 5.37 Å². The summed E-state index contributed by atoms with van der Waals surface area (Å²) in [6, 6.07) is 8.62. The number of fused-ring (bicyclic) bond motifs is 1. The van der Waals surface area contributed by atoms with Crippen LogP contribution in [0.25, 0.3) is 6.08 Å². The fourth-order valence-corrected chi connectivity index (χ4v) is 2.96. The minimum atomic E-state index is 0.509. The zero-order chi connectivity index (χ0) is 10.7. The molecular formula is C13H17NS. The predicted molar refractivity (Wildman–Crippen MR) is 70.4 cm³/mol. The monoisotopic (exact) mass is 219 g/mol. The van der Waals surface area contributed by atoms with E-state index in [-0.39, 0.29) is 0 Å². The van der Waals surface area contributed by atoms with Crippen LogP contribution in [0.1, 0.15) is 19.4 Å². The molecule has 0 radical (unpaired) electrons. The number of anilines is 1. The molecule has 2 heteroatoms. The summed E-state index contributed by atoms with van der Waals surface area (Å²) in [4.78, 5) is 2.46. The number of hydrogen-bond acceptors (Lipinski definition) is 2. The standard InChI is InChI=1S/C13H17NS/c1-3-14-12-8-6-5-7-11(12)9-10-13(14)15-4-2/h5-10,13H,3-4H2,1-2H3. The Hall–Kier alpha value is -0.890. The summed E-state index contributed by atoms with van der Waals surface area (Å²) in [5, 5.41) is 0.509. The number of hydrogen-bond donors (Lipinski definition) is 0. The van der Waals surface area contributed by atoms with Crippen molar-refractivity contribution >= 4 is 23.5 Å². The quantitative estimate of drug-likeness (QED) is 0.764.